The van der Waals surface area contributed by atoms with E-state index in [2.05, 4.69) is 5.32 Å². The van der Waals surface area contributed by atoms with E-state index in [9.17, 15) is 9.59 Å². The molecular formula is C21H25N3O3. The van der Waals surface area contributed by atoms with Crippen molar-refractivity contribution in [3.05, 3.63) is 54.1 Å². The molecule has 142 valence electrons. The fourth-order valence-electron chi connectivity index (χ4n) is 3.14. The topological polar surface area (TPSA) is 61.9 Å². The number of hydrogen-bond donors (Lipinski definition) is 1. The van der Waals surface area contributed by atoms with Gasteiger partial charge in [0.2, 0.25) is 11.8 Å². The van der Waals surface area contributed by atoms with Crippen LogP contribution in [0.15, 0.2) is 48.5 Å². The smallest absolute Gasteiger partial charge is 0.227 e. The fourth-order valence-corrected chi connectivity index (χ4v) is 3.14. The van der Waals surface area contributed by atoms with Crippen molar-refractivity contribution in [1.29, 1.82) is 0 Å². The molecule has 1 saturated heterocycles. The quantitative estimate of drug-likeness (QED) is 0.852. The first-order valence-electron chi connectivity index (χ1n) is 8.96. The summed E-state index contributed by atoms with van der Waals surface area (Å²) in [5, 5.41) is 2.95. The Hall–Kier alpha value is -3.02. The van der Waals surface area contributed by atoms with Gasteiger partial charge in [-0.3, -0.25) is 9.59 Å². The van der Waals surface area contributed by atoms with Gasteiger partial charge in [0.05, 0.1) is 13.0 Å². The molecule has 2 amide bonds. The van der Waals surface area contributed by atoms with Crippen LogP contribution in [0.2, 0.25) is 0 Å². The van der Waals surface area contributed by atoms with E-state index in [-0.39, 0.29) is 24.2 Å². The van der Waals surface area contributed by atoms with Gasteiger partial charge < -0.3 is 19.9 Å². The summed E-state index contributed by atoms with van der Waals surface area (Å²) >= 11 is 0. The van der Waals surface area contributed by atoms with Crippen molar-refractivity contribution in [2.75, 3.05) is 37.5 Å². The third-order valence-electron chi connectivity index (χ3n) is 4.80. The molecule has 1 N–H and O–H groups in total. The monoisotopic (exact) mass is 367 g/mol. The van der Waals surface area contributed by atoms with E-state index in [1.807, 2.05) is 67.5 Å². The van der Waals surface area contributed by atoms with Crippen molar-refractivity contribution in [3.8, 4) is 5.75 Å². The number of carbonyl (C=O) groups is 2. The lowest BCUT2D eigenvalue weighted by Crippen LogP contribution is -2.32. The predicted molar refractivity (Wildman–Crippen MR) is 106 cm³/mol. The standard InChI is InChI=1S/C21H25N3O3/c1-23(2)17-6-4-15(5-7-17)13-22-21(26)16-12-20(25)24(14-16)18-8-10-19(27-3)11-9-18/h4-11,16H,12-14H2,1-3H3,(H,22,26). The molecule has 0 aliphatic carbocycles. The third-order valence-corrected chi connectivity index (χ3v) is 4.80. The van der Waals surface area contributed by atoms with Crippen molar-refractivity contribution in [1.82, 2.24) is 5.32 Å². The summed E-state index contributed by atoms with van der Waals surface area (Å²) in [5.74, 6) is 0.285. The highest BCUT2D eigenvalue weighted by atomic mass is 16.5. The van der Waals surface area contributed by atoms with Gasteiger partial charge in [-0.1, -0.05) is 12.1 Å². The Morgan fingerprint density at radius 3 is 2.41 bits per heavy atom. The first-order valence-corrected chi connectivity index (χ1v) is 8.96. The second-order valence-corrected chi connectivity index (χ2v) is 6.88. The number of hydrogen-bond acceptors (Lipinski definition) is 4. The number of methoxy groups -OCH3 is 1. The summed E-state index contributed by atoms with van der Waals surface area (Å²) in [6, 6.07) is 15.3. The van der Waals surface area contributed by atoms with E-state index in [4.69, 9.17) is 4.74 Å². The first kappa shape index (κ1) is 18.8. The second kappa shape index (κ2) is 8.12. The van der Waals surface area contributed by atoms with E-state index >= 15 is 0 Å². The van der Waals surface area contributed by atoms with Gasteiger partial charge in [-0.05, 0) is 42.0 Å². The molecule has 0 spiro atoms. The molecule has 6 nitrogen and oxygen atoms in total. The number of benzene rings is 2. The molecule has 2 aromatic carbocycles. The Balaban J connectivity index is 1.56. The molecule has 2 aromatic rings. The van der Waals surface area contributed by atoms with Crippen LogP contribution in [-0.4, -0.2) is 39.6 Å². The minimum atomic E-state index is -0.333. The average molecular weight is 367 g/mol. The Bertz CT molecular complexity index is 800. The van der Waals surface area contributed by atoms with E-state index in [0.29, 0.717) is 13.1 Å². The van der Waals surface area contributed by atoms with Crippen molar-refractivity contribution < 1.29 is 14.3 Å². The SMILES string of the molecule is COc1ccc(N2CC(C(=O)NCc3ccc(N(C)C)cc3)CC2=O)cc1. The van der Waals surface area contributed by atoms with Crippen molar-refractivity contribution >= 4 is 23.2 Å². The summed E-state index contributed by atoms with van der Waals surface area (Å²) in [6.07, 6.45) is 0.234. The van der Waals surface area contributed by atoms with Gasteiger partial charge in [0, 0.05) is 45.0 Å². The van der Waals surface area contributed by atoms with Gasteiger partial charge in [0.15, 0.2) is 0 Å². The van der Waals surface area contributed by atoms with Crippen LogP contribution < -0.4 is 19.9 Å². The van der Waals surface area contributed by atoms with Gasteiger partial charge in [-0.2, -0.15) is 0 Å². The zero-order valence-corrected chi connectivity index (χ0v) is 15.9. The van der Waals surface area contributed by atoms with E-state index in [0.717, 1.165) is 22.7 Å². The van der Waals surface area contributed by atoms with Gasteiger partial charge in [0.1, 0.15) is 5.75 Å². The summed E-state index contributed by atoms with van der Waals surface area (Å²) < 4.78 is 5.14. The highest BCUT2D eigenvalue weighted by molar-refractivity contribution is 6.00. The molecule has 3 rings (SSSR count). The van der Waals surface area contributed by atoms with Gasteiger partial charge in [-0.25, -0.2) is 0 Å². The van der Waals surface area contributed by atoms with Crippen molar-refractivity contribution in [3.63, 3.8) is 0 Å². The molecule has 1 aliphatic rings. The predicted octanol–water partition coefficient (Wildman–Crippen LogP) is 2.43. The number of rotatable bonds is 6. The van der Waals surface area contributed by atoms with Gasteiger partial charge in [0.25, 0.3) is 0 Å². The molecule has 0 aromatic heterocycles. The second-order valence-electron chi connectivity index (χ2n) is 6.88. The van der Waals surface area contributed by atoms with Crippen LogP contribution in [0.1, 0.15) is 12.0 Å². The Morgan fingerprint density at radius 1 is 1.15 bits per heavy atom. The largest absolute Gasteiger partial charge is 0.497 e. The zero-order valence-electron chi connectivity index (χ0n) is 15.9. The number of ether oxygens (including phenoxy) is 1. The molecule has 1 unspecified atom stereocenters. The van der Waals surface area contributed by atoms with E-state index in [1.54, 1.807) is 12.0 Å². The average Bonchev–Trinajstić information content (AvgIpc) is 3.08. The number of carbonyl (C=O) groups excluding carboxylic acids is 2. The molecule has 1 fully saturated rings. The Morgan fingerprint density at radius 2 is 1.81 bits per heavy atom. The molecule has 0 radical (unpaired) electrons. The third kappa shape index (κ3) is 4.39. The molecule has 6 heteroatoms. The molecule has 1 atom stereocenters. The maximum atomic E-state index is 12.5. The Kier molecular flexibility index (Phi) is 5.64. The van der Waals surface area contributed by atoms with E-state index < -0.39 is 0 Å². The normalized spacial score (nSPS) is 16.3. The van der Waals surface area contributed by atoms with Crippen LogP contribution in [0.3, 0.4) is 0 Å². The molecule has 27 heavy (non-hydrogen) atoms. The van der Waals surface area contributed by atoms with Crippen LogP contribution in [0, 0.1) is 5.92 Å². The summed E-state index contributed by atoms with van der Waals surface area (Å²) in [7, 11) is 5.58. The zero-order chi connectivity index (χ0) is 19.4. The fraction of sp³-hybridized carbons (Fsp3) is 0.333. The maximum absolute atomic E-state index is 12.5. The summed E-state index contributed by atoms with van der Waals surface area (Å²) in [4.78, 5) is 28.5. The molecular weight excluding hydrogens is 342 g/mol. The van der Waals surface area contributed by atoms with Gasteiger partial charge >= 0.3 is 0 Å². The maximum Gasteiger partial charge on any atom is 0.227 e. The number of anilines is 2. The lowest BCUT2D eigenvalue weighted by atomic mass is 10.1. The van der Waals surface area contributed by atoms with E-state index in [1.165, 1.54) is 0 Å². The molecule has 0 saturated carbocycles. The molecule has 1 aliphatic heterocycles. The van der Waals surface area contributed by atoms with Crippen LogP contribution in [0.5, 0.6) is 5.75 Å². The van der Waals surface area contributed by atoms with Gasteiger partial charge in [-0.15, -0.1) is 0 Å². The first-order chi connectivity index (χ1) is 13.0. The van der Waals surface area contributed by atoms with Crippen LogP contribution in [-0.2, 0) is 16.1 Å². The van der Waals surface area contributed by atoms with Crippen molar-refractivity contribution in [2.45, 2.75) is 13.0 Å². The highest BCUT2D eigenvalue weighted by Crippen LogP contribution is 2.27. The molecule has 0 bridgehead atoms. The minimum absolute atomic E-state index is 0.0318. The summed E-state index contributed by atoms with van der Waals surface area (Å²) in [6.45, 7) is 0.857. The lowest BCUT2D eigenvalue weighted by Gasteiger charge is -2.17. The summed E-state index contributed by atoms with van der Waals surface area (Å²) in [5.41, 5.74) is 2.93. The Labute approximate surface area is 159 Å². The van der Waals surface area contributed by atoms with Crippen LogP contribution in [0.25, 0.3) is 0 Å². The number of nitrogens with one attached hydrogen (secondary N) is 1. The highest BCUT2D eigenvalue weighted by Gasteiger charge is 2.34. The number of nitrogens with zero attached hydrogens (tertiary/aromatic N) is 2. The lowest BCUT2D eigenvalue weighted by molar-refractivity contribution is -0.126. The van der Waals surface area contributed by atoms with Crippen molar-refractivity contribution in [2.24, 2.45) is 5.92 Å². The van der Waals surface area contributed by atoms with Crippen LogP contribution >= 0.6 is 0 Å². The van der Waals surface area contributed by atoms with Crippen LogP contribution in [0.4, 0.5) is 11.4 Å². The minimum Gasteiger partial charge on any atom is -0.497 e. The number of amides is 2. The molecule has 1 heterocycles.